The van der Waals surface area contributed by atoms with E-state index in [-0.39, 0.29) is 11.9 Å². The highest BCUT2D eigenvalue weighted by atomic mass is 16.5. The van der Waals surface area contributed by atoms with Crippen molar-refractivity contribution in [3.8, 4) is 0 Å². The fourth-order valence-corrected chi connectivity index (χ4v) is 3.56. The number of carbonyl (C=O) groups is 1. The maximum Gasteiger partial charge on any atom is 0.240 e. The first-order chi connectivity index (χ1) is 13.7. The van der Waals surface area contributed by atoms with Crippen LogP contribution >= 0.6 is 0 Å². The zero-order chi connectivity index (χ0) is 19.3. The molecule has 1 atom stereocenters. The molecule has 1 fully saturated rings. The first kappa shape index (κ1) is 18.3. The molecule has 1 aliphatic heterocycles. The van der Waals surface area contributed by atoms with Crippen molar-refractivity contribution in [1.82, 2.24) is 24.9 Å². The molecule has 144 valence electrons. The Morgan fingerprint density at radius 2 is 1.79 bits per heavy atom. The van der Waals surface area contributed by atoms with Crippen LogP contribution in [0.25, 0.3) is 0 Å². The predicted octanol–water partition coefficient (Wildman–Crippen LogP) is 2.23. The van der Waals surface area contributed by atoms with Gasteiger partial charge in [-0.1, -0.05) is 35.5 Å². The Balaban J connectivity index is 1.54. The quantitative estimate of drug-likeness (QED) is 0.656. The molecule has 0 spiro atoms. The average molecular weight is 377 g/mol. The van der Waals surface area contributed by atoms with E-state index in [2.05, 4.69) is 20.0 Å². The van der Waals surface area contributed by atoms with Crippen molar-refractivity contribution in [3.63, 3.8) is 0 Å². The topological polar surface area (TPSA) is 75.4 Å². The average Bonchev–Trinajstić information content (AvgIpc) is 3.13. The van der Waals surface area contributed by atoms with E-state index < -0.39 is 0 Å². The van der Waals surface area contributed by atoms with Crippen LogP contribution in [0.1, 0.15) is 22.8 Å². The van der Waals surface area contributed by atoms with Crippen LogP contribution in [0.2, 0.25) is 0 Å². The molecule has 0 aliphatic carbocycles. The van der Waals surface area contributed by atoms with E-state index in [9.17, 15) is 4.79 Å². The summed E-state index contributed by atoms with van der Waals surface area (Å²) in [7, 11) is 0. The molecule has 1 aromatic carbocycles. The van der Waals surface area contributed by atoms with E-state index in [0.717, 1.165) is 17.7 Å². The van der Waals surface area contributed by atoms with E-state index >= 15 is 0 Å². The third kappa shape index (κ3) is 4.26. The number of pyridine rings is 1. The lowest BCUT2D eigenvalue weighted by Crippen LogP contribution is -2.57. The number of nitrogens with zero attached hydrogens (tertiary/aromatic N) is 5. The molecule has 0 N–H and O–H groups in total. The molecule has 4 rings (SSSR count). The first-order valence-electron chi connectivity index (χ1n) is 9.44. The van der Waals surface area contributed by atoms with Gasteiger partial charge < -0.3 is 9.42 Å². The maximum absolute atomic E-state index is 13.3. The molecule has 1 unspecified atom stereocenters. The van der Waals surface area contributed by atoms with Crippen LogP contribution in [0.15, 0.2) is 59.4 Å². The lowest BCUT2D eigenvalue weighted by Gasteiger charge is -2.40. The predicted molar refractivity (Wildman–Crippen MR) is 103 cm³/mol. The first-order valence-corrected chi connectivity index (χ1v) is 9.44. The number of aromatic nitrogens is 3. The van der Waals surface area contributed by atoms with Gasteiger partial charge in [-0.15, -0.1) is 0 Å². The minimum Gasteiger partial charge on any atom is -0.339 e. The number of benzene rings is 1. The van der Waals surface area contributed by atoms with Gasteiger partial charge in [0, 0.05) is 38.6 Å². The van der Waals surface area contributed by atoms with Gasteiger partial charge in [-0.2, -0.15) is 4.98 Å². The molecule has 3 aromatic rings. The molecule has 7 heteroatoms. The second-order valence-corrected chi connectivity index (χ2v) is 7.03. The number of carbonyl (C=O) groups excluding carboxylic acids is 1. The van der Waals surface area contributed by atoms with Crippen molar-refractivity contribution in [2.45, 2.75) is 32.5 Å². The molecule has 1 saturated heterocycles. The molecule has 2 aromatic heterocycles. The van der Waals surface area contributed by atoms with Crippen LogP contribution in [0.4, 0.5) is 0 Å². The smallest absolute Gasteiger partial charge is 0.240 e. The van der Waals surface area contributed by atoms with Gasteiger partial charge in [0.25, 0.3) is 0 Å². The van der Waals surface area contributed by atoms with Crippen molar-refractivity contribution in [3.05, 3.63) is 77.7 Å². The Morgan fingerprint density at radius 1 is 1.04 bits per heavy atom. The molecule has 0 saturated carbocycles. The zero-order valence-electron chi connectivity index (χ0n) is 15.9. The van der Waals surface area contributed by atoms with Crippen molar-refractivity contribution >= 4 is 5.91 Å². The third-order valence-corrected chi connectivity index (χ3v) is 4.98. The van der Waals surface area contributed by atoms with E-state index in [1.807, 2.05) is 47.4 Å². The minimum absolute atomic E-state index is 0.0972. The van der Waals surface area contributed by atoms with E-state index in [0.29, 0.717) is 37.8 Å². The van der Waals surface area contributed by atoms with Gasteiger partial charge in [0.2, 0.25) is 11.8 Å². The third-order valence-electron chi connectivity index (χ3n) is 4.98. The largest absolute Gasteiger partial charge is 0.339 e. The number of rotatable bonds is 6. The van der Waals surface area contributed by atoms with Crippen molar-refractivity contribution < 1.29 is 9.32 Å². The second-order valence-electron chi connectivity index (χ2n) is 7.03. The second kappa shape index (κ2) is 8.31. The summed E-state index contributed by atoms with van der Waals surface area (Å²) in [5.41, 5.74) is 2.26. The minimum atomic E-state index is -0.328. The summed E-state index contributed by atoms with van der Waals surface area (Å²) in [6.07, 6.45) is 3.97. The summed E-state index contributed by atoms with van der Waals surface area (Å²) < 4.78 is 5.30. The maximum atomic E-state index is 13.3. The molecule has 0 bridgehead atoms. The molecule has 3 heterocycles. The number of aryl methyl sites for hydroxylation is 1. The van der Waals surface area contributed by atoms with Crippen LogP contribution < -0.4 is 0 Å². The van der Waals surface area contributed by atoms with Gasteiger partial charge in [-0.25, -0.2) is 0 Å². The Bertz CT molecular complexity index is 913. The lowest BCUT2D eigenvalue weighted by molar-refractivity contribution is -0.143. The summed E-state index contributed by atoms with van der Waals surface area (Å²) >= 11 is 0. The fraction of sp³-hybridized carbons (Fsp3) is 0.333. The number of piperazine rings is 1. The summed E-state index contributed by atoms with van der Waals surface area (Å²) in [4.78, 5) is 25.8. The molecule has 1 amide bonds. The SMILES string of the molecule is Cc1noc(CC2C(=O)N(Cc3ccccc3)CCN2Cc2ccncc2)n1. The standard InChI is InChI=1S/C21H23N5O2/c1-16-23-20(28-24-16)13-19-21(27)26(15-17-5-3-2-4-6-17)12-11-25(19)14-18-7-9-22-10-8-18/h2-10,19H,11-15H2,1H3. The Kier molecular flexibility index (Phi) is 5.43. The van der Waals surface area contributed by atoms with Gasteiger partial charge >= 0.3 is 0 Å². The van der Waals surface area contributed by atoms with E-state index in [1.165, 1.54) is 0 Å². The van der Waals surface area contributed by atoms with E-state index in [1.54, 1.807) is 19.3 Å². The fourth-order valence-electron chi connectivity index (χ4n) is 3.56. The molecule has 1 aliphatic rings. The zero-order valence-corrected chi connectivity index (χ0v) is 15.9. The highest BCUT2D eigenvalue weighted by molar-refractivity contribution is 5.83. The van der Waals surface area contributed by atoms with Gasteiger partial charge in [0.15, 0.2) is 5.82 Å². The highest BCUT2D eigenvalue weighted by Gasteiger charge is 2.36. The number of amides is 1. The lowest BCUT2D eigenvalue weighted by atomic mass is 10.0. The van der Waals surface area contributed by atoms with Crippen LogP contribution in [0.5, 0.6) is 0 Å². The van der Waals surface area contributed by atoms with Crippen LogP contribution in [0.3, 0.4) is 0 Å². The normalized spacial score (nSPS) is 17.8. The van der Waals surface area contributed by atoms with E-state index in [4.69, 9.17) is 4.52 Å². The molecule has 0 radical (unpaired) electrons. The summed E-state index contributed by atoms with van der Waals surface area (Å²) in [5, 5.41) is 3.87. The van der Waals surface area contributed by atoms with Crippen molar-refractivity contribution in [1.29, 1.82) is 0 Å². The molecular weight excluding hydrogens is 354 g/mol. The summed E-state index contributed by atoms with van der Waals surface area (Å²) in [6, 6.07) is 13.7. The Hall–Kier alpha value is -3.06. The van der Waals surface area contributed by atoms with Crippen LogP contribution in [-0.4, -0.2) is 50.0 Å². The van der Waals surface area contributed by atoms with Crippen molar-refractivity contribution in [2.75, 3.05) is 13.1 Å². The van der Waals surface area contributed by atoms with Crippen LogP contribution in [-0.2, 0) is 24.3 Å². The molecular formula is C21H23N5O2. The number of hydrogen-bond donors (Lipinski definition) is 0. The summed E-state index contributed by atoms with van der Waals surface area (Å²) in [6.45, 7) is 4.57. The summed E-state index contributed by atoms with van der Waals surface area (Å²) in [5.74, 6) is 1.18. The monoisotopic (exact) mass is 377 g/mol. The molecule has 7 nitrogen and oxygen atoms in total. The van der Waals surface area contributed by atoms with Crippen molar-refractivity contribution in [2.24, 2.45) is 0 Å². The van der Waals surface area contributed by atoms with Crippen LogP contribution in [0, 0.1) is 6.92 Å². The van der Waals surface area contributed by atoms with Gasteiger partial charge in [-0.3, -0.25) is 14.7 Å². The Morgan fingerprint density at radius 3 is 2.50 bits per heavy atom. The van der Waals surface area contributed by atoms with Gasteiger partial charge in [-0.05, 0) is 30.2 Å². The molecule has 28 heavy (non-hydrogen) atoms. The highest BCUT2D eigenvalue weighted by Crippen LogP contribution is 2.20. The van der Waals surface area contributed by atoms with Gasteiger partial charge in [0.1, 0.15) is 0 Å². The Labute approximate surface area is 164 Å². The number of hydrogen-bond acceptors (Lipinski definition) is 6. The van der Waals surface area contributed by atoms with Gasteiger partial charge in [0.05, 0.1) is 12.5 Å².